The molecule has 0 unspecified atom stereocenters. The molecule has 196 valence electrons. The molecular formula is C31H38F4O. The van der Waals surface area contributed by atoms with Crippen molar-refractivity contribution in [2.45, 2.75) is 89.9 Å². The molecule has 2 saturated carbocycles. The number of hydrogen-bond acceptors (Lipinski definition) is 1. The summed E-state index contributed by atoms with van der Waals surface area (Å²) in [5.41, 5.74) is 1.21. The van der Waals surface area contributed by atoms with Crippen LogP contribution < -0.4 is 4.74 Å². The topological polar surface area (TPSA) is 9.23 Å². The molecule has 0 saturated heterocycles. The van der Waals surface area contributed by atoms with E-state index in [9.17, 15) is 8.78 Å². The first-order valence-electron chi connectivity index (χ1n) is 13.7. The first-order chi connectivity index (χ1) is 17.4. The van der Waals surface area contributed by atoms with Crippen molar-refractivity contribution in [2.75, 3.05) is 6.61 Å². The van der Waals surface area contributed by atoms with Crippen molar-refractivity contribution in [2.24, 2.45) is 11.8 Å². The Balaban J connectivity index is 1.35. The molecule has 0 radical (unpaired) electrons. The summed E-state index contributed by atoms with van der Waals surface area (Å²) in [7, 11) is 0. The van der Waals surface area contributed by atoms with Crippen molar-refractivity contribution in [1.29, 1.82) is 0 Å². The Morgan fingerprint density at radius 3 is 1.92 bits per heavy atom. The van der Waals surface area contributed by atoms with Crippen LogP contribution in [0.3, 0.4) is 0 Å². The lowest BCUT2D eigenvalue weighted by Gasteiger charge is -2.29. The highest BCUT2D eigenvalue weighted by Gasteiger charge is 2.28. The van der Waals surface area contributed by atoms with Gasteiger partial charge in [0.25, 0.3) is 0 Å². The molecule has 0 N–H and O–H groups in total. The minimum atomic E-state index is -0.958. The van der Waals surface area contributed by atoms with Gasteiger partial charge >= 0.3 is 0 Å². The maximum absolute atomic E-state index is 15.1. The van der Waals surface area contributed by atoms with Crippen LogP contribution in [0.25, 0.3) is 6.08 Å². The smallest absolute Gasteiger partial charge is 0.201 e. The molecule has 36 heavy (non-hydrogen) atoms. The van der Waals surface area contributed by atoms with E-state index < -0.39 is 23.3 Å². The maximum atomic E-state index is 15.1. The third kappa shape index (κ3) is 6.15. The Kier molecular flexibility index (Phi) is 9.14. The molecule has 0 spiro atoms. The Hall–Kier alpha value is -2.30. The van der Waals surface area contributed by atoms with Crippen LogP contribution in [-0.4, -0.2) is 6.61 Å². The van der Waals surface area contributed by atoms with Crippen molar-refractivity contribution >= 4 is 6.08 Å². The Bertz CT molecular complexity index is 1050. The van der Waals surface area contributed by atoms with E-state index >= 15 is 8.78 Å². The van der Waals surface area contributed by atoms with Crippen LogP contribution >= 0.6 is 0 Å². The number of unbranched alkanes of at least 4 members (excludes halogenated alkanes) is 1. The summed E-state index contributed by atoms with van der Waals surface area (Å²) in [6.07, 6.45) is 12.3. The lowest BCUT2D eigenvalue weighted by molar-refractivity contribution is 0.288. The zero-order valence-electron chi connectivity index (χ0n) is 21.5. The first kappa shape index (κ1) is 26.8. The fraction of sp³-hybridized carbons (Fsp3) is 0.548. The molecule has 2 aliphatic rings. The molecule has 2 aliphatic carbocycles. The minimum Gasteiger partial charge on any atom is -0.490 e. The number of allylic oxidation sites excluding steroid dienone is 1. The van der Waals surface area contributed by atoms with Gasteiger partial charge in [-0.25, -0.2) is 13.2 Å². The lowest BCUT2D eigenvalue weighted by Crippen LogP contribution is -2.16. The van der Waals surface area contributed by atoms with Crippen LogP contribution in [0.15, 0.2) is 30.3 Å². The molecule has 1 nitrogen and oxygen atoms in total. The molecule has 4 rings (SSSR count). The predicted octanol–water partition coefficient (Wildman–Crippen LogP) is 9.70. The van der Waals surface area contributed by atoms with E-state index in [1.165, 1.54) is 12.1 Å². The predicted molar refractivity (Wildman–Crippen MR) is 137 cm³/mol. The Labute approximate surface area is 212 Å². The van der Waals surface area contributed by atoms with E-state index in [4.69, 9.17) is 4.74 Å². The first-order valence-corrected chi connectivity index (χ1v) is 13.7. The molecular weight excluding hydrogens is 464 g/mol. The van der Waals surface area contributed by atoms with E-state index in [-0.39, 0.29) is 29.1 Å². The second-order valence-corrected chi connectivity index (χ2v) is 10.8. The molecule has 0 bridgehead atoms. The third-order valence-electron chi connectivity index (χ3n) is 8.19. The number of halogens is 4. The van der Waals surface area contributed by atoms with Gasteiger partial charge in [-0.1, -0.05) is 57.4 Å². The van der Waals surface area contributed by atoms with Gasteiger partial charge in [-0.15, -0.1) is 0 Å². The summed E-state index contributed by atoms with van der Waals surface area (Å²) >= 11 is 0. The van der Waals surface area contributed by atoms with Gasteiger partial charge in [0, 0.05) is 5.56 Å². The van der Waals surface area contributed by atoms with Crippen LogP contribution in [0.1, 0.15) is 107 Å². The average Bonchev–Trinajstić information content (AvgIpc) is 2.89. The highest BCUT2D eigenvalue weighted by atomic mass is 19.2. The van der Waals surface area contributed by atoms with Crippen molar-refractivity contribution in [3.63, 3.8) is 0 Å². The molecule has 0 aromatic heterocycles. The minimum absolute atomic E-state index is 0.0155. The van der Waals surface area contributed by atoms with E-state index in [1.54, 1.807) is 12.1 Å². The third-order valence-corrected chi connectivity index (χ3v) is 8.19. The fourth-order valence-corrected chi connectivity index (χ4v) is 5.76. The molecule has 0 aliphatic heterocycles. The molecule has 0 atom stereocenters. The standard InChI is InChI=1S/C31H38F4O/c1-3-4-19-36-27-18-15-24(28(32)31(27)35)14-9-21-7-12-23(13-8-21)26-17-16-25(29(33)30(26)34)22-10-5-20(2)6-11-22/h9,14-18,20-23H,3-8,10-13,19H2,1-2H3/b14-9+. The van der Waals surface area contributed by atoms with Gasteiger partial charge in [0.15, 0.2) is 23.2 Å². The monoisotopic (exact) mass is 502 g/mol. The van der Waals surface area contributed by atoms with Crippen LogP contribution in [0.4, 0.5) is 17.6 Å². The molecule has 2 fully saturated rings. The zero-order chi connectivity index (χ0) is 25.7. The maximum Gasteiger partial charge on any atom is 0.201 e. The van der Waals surface area contributed by atoms with Gasteiger partial charge in [-0.2, -0.15) is 4.39 Å². The van der Waals surface area contributed by atoms with E-state index in [0.717, 1.165) is 64.2 Å². The number of rotatable bonds is 8. The summed E-state index contributed by atoms with van der Waals surface area (Å²) < 4.78 is 64.2. The van der Waals surface area contributed by atoms with E-state index in [0.29, 0.717) is 23.7 Å². The second kappa shape index (κ2) is 12.3. The van der Waals surface area contributed by atoms with Gasteiger partial charge in [0.05, 0.1) is 6.61 Å². The summed E-state index contributed by atoms with van der Waals surface area (Å²) in [6.45, 7) is 4.58. The van der Waals surface area contributed by atoms with Crippen molar-refractivity contribution in [3.8, 4) is 5.75 Å². The van der Waals surface area contributed by atoms with Gasteiger partial charge in [0.1, 0.15) is 0 Å². The molecule has 0 heterocycles. The lowest BCUT2D eigenvalue weighted by atomic mass is 9.76. The Morgan fingerprint density at radius 1 is 0.750 bits per heavy atom. The SMILES string of the molecule is CCCCOc1ccc(/C=C/C2CCC(c3ccc(C4CCC(C)CC4)c(F)c3F)CC2)c(F)c1F. The summed E-state index contributed by atoms with van der Waals surface area (Å²) in [4.78, 5) is 0. The van der Waals surface area contributed by atoms with E-state index in [1.807, 2.05) is 19.1 Å². The van der Waals surface area contributed by atoms with E-state index in [2.05, 4.69) is 6.92 Å². The summed E-state index contributed by atoms with van der Waals surface area (Å²) in [5, 5.41) is 0. The van der Waals surface area contributed by atoms with Crippen LogP contribution in [0.5, 0.6) is 5.75 Å². The zero-order valence-corrected chi connectivity index (χ0v) is 21.5. The van der Waals surface area contributed by atoms with Gasteiger partial charge < -0.3 is 4.74 Å². The van der Waals surface area contributed by atoms with Crippen LogP contribution in [0.2, 0.25) is 0 Å². The van der Waals surface area contributed by atoms with Gasteiger partial charge in [0.2, 0.25) is 5.82 Å². The van der Waals surface area contributed by atoms with Crippen LogP contribution in [0, 0.1) is 35.1 Å². The van der Waals surface area contributed by atoms with Gasteiger partial charge in [-0.3, -0.25) is 0 Å². The summed E-state index contributed by atoms with van der Waals surface area (Å²) in [6, 6.07) is 6.62. The molecule has 2 aromatic carbocycles. The normalized spacial score (nSPS) is 24.8. The quantitative estimate of drug-likeness (QED) is 0.258. The fourth-order valence-electron chi connectivity index (χ4n) is 5.76. The highest BCUT2D eigenvalue weighted by molar-refractivity contribution is 5.52. The largest absolute Gasteiger partial charge is 0.490 e. The average molecular weight is 503 g/mol. The Morgan fingerprint density at radius 2 is 1.33 bits per heavy atom. The second-order valence-electron chi connectivity index (χ2n) is 10.8. The number of hydrogen-bond donors (Lipinski definition) is 0. The summed E-state index contributed by atoms with van der Waals surface area (Å²) in [5.74, 6) is -2.29. The van der Waals surface area contributed by atoms with Crippen molar-refractivity contribution < 1.29 is 22.3 Å². The highest BCUT2D eigenvalue weighted by Crippen LogP contribution is 2.41. The van der Waals surface area contributed by atoms with Gasteiger partial charge in [-0.05, 0) is 91.9 Å². The molecule has 2 aromatic rings. The number of ether oxygens (including phenoxy) is 1. The van der Waals surface area contributed by atoms with Crippen molar-refractivity contribution in [3.05, 3.63) is 70.3 Å². The molecule has 0 amide bonds. The van der Waals surface area contributed by atoms with Crippen molar-refractivity contribution in [1.82, 2.24) is 0 Å². The molecule has 5 heteroatoms. The number of benzene rings is 2. The van der Waals surface area contributed by atoms with Crippen LogP contribution in [-0.2, 0) is 0 Å².